The highest BCUT2D eigenvalue weighted by Gasteiger charge is 2.26. The number of aromatic nitrogens is 2. The lowest BCUT2D eigenvalue weighted by Crippen LogP contribution is -2.12. The maximum Gasteiger partial charge on any atom is 0.333 e. The first-order valence-electron chi connectivity index (χ1n) is 6.77. The Kier molecular flexibility index (Phi) is 4.11. The number of rotatable bonds is 5. The first kappa shape index (κ1) is 14.8. The van der Waals surface area contributed by atoms with Crippen molar-refractivity contribution in [1.82, 2.24) is 9.78 Å². The number of nitro groups is 1. The summed E-state index contributed by atoms with van der Waals surface area (Å²) in [5, 5.41) is 18.6. The summed E-state index contributed by atoms with van der Waals surface area (Å²) >= 11 is 0. The van der Waals surface area contributed by atoms with E-state index in [-0.39, 0.29) is 11.7 Å². The monoisotopic (exact) mass is 289 g/mol. The molecule has 0 spiro atoms. The Bertz CT molecular complexity index is 648. The average Bonchev–Trinajstić information content (AvgIpc) is 2.75. The molecule has 0 aliphatic heterocycles. The number of anilines is 2. The summed E-state index contributed by atoms with van der Waals surface area (Å²) in [5.41, 5.74) is 7.79. The van der Waals surface area contributed by atoms with Gasteiger partial charge in [-0.1, -0.05) is 12.1 Å². The summed E-state index contributed by atoms with van der Waals surface area (Å²) < 4.78 is 1.61. The second-order valence-corrected chi connectivity index (χ2v) is 4.89. The number of nitrogens with zero attached hydrogens (tertiary/aromatic N) is 3. The van der Waals surface area contributed by atoms with E-state index in [1.807, 2.05) is 38.1 Å². The van der Waals surface area contributed by atoms with Crippen LogP contribution in [0.3, 0.4) is 0 Å². The van der Waals surface area contributed by atoms with Crippen LogP contribution < -0.4 is 11.1 Å². The Morgan fingerprint density at radius 3 is 2.57 bits per heavy atom. The second-order valence-electron chi connectivity index (χ2n) is 4.89. The Morgan fingerprint density at radius 1 is 1.43 bits per heavy atom. The van der Waals surface area contributed by atoms with Crippen LogP contribution in [0.15, 0.2) is 24.3 Å². The molecular formula is C14H19N5O2. The van der Waals surface area contributed by atoms with E-state index in [9.17, 15) is 10.1 Å². The van der Waals surface area contributed by atoms with Crippen molar-refractivity contribution in [3.63, 3.8) is 0 Å². The van der Waals surface area contributed by atoms with Gasteiger partial charge >= 0.3 is 5.69 Å². The highest BCUT2D eigenvalue weighted by molar-refractivity contribution is 5.60. The van der Waals surface area contributed by atoms with Gasteiger partial charge in [0, 0.05) is 12.2 Å². The van der Waals surface area contributed by atoms with Gasteiger partial charge in [-0.15, -0.1) is 0 Å². The number of hydrogen-bond acceptors (Lipinski definition) is 5. The third-order valence-corrected chi connectivity index (χ3v) is 3.37. The van der Waals surface area contributed by atoms with Gasteiger partial charge in [0.15, 0.2) is 0 Å². The summed E-state index contributed by atoms with van der Waals surface area (Å²) in [4.78, 5) is 10.8. The third-order valence-electron chi connectivity index (χ3n) is 3.37. The Morgan fingerprint density at radius 2 is 2.05 bits per heavy atom. The van der Waals surface area contributed by atoms with Crippen LogP contribution in [-0.2, 0) is 6.54 Å². The van der Waals surface area contributed by atoms with E-state index in [0.29, 0.717) is 23.7 Å². The van der Waals surface area contributed by atoms with Gasteiger partial charge in [0.1, 0.15) is 5.69 Å². The number of hydrogen-bond donors (Lipinski definition) is 2. The molecule has 3 N–H and O–H groups in total. The van der Waals surface area contributed by atoms with Gasteiger partial charge in [-0.05, 0) is 38.5 Å². The van der Waals surface area contributed by atoms with Crippen LogP contribution in [0.5, 0.6) is 0 Å². The summed E-state index contributed by atoms with van der Waals surface area (Å²) in [6.45, 7) is 6.04. The minimum atomic E-state index is -0.396. The van der Waals surface area contributed by atoms with Crippen molar-refractivity contribution < 1.29 is 4.92 Å². The van der Waals surface area contributed by atoms with Crippen molar-refractivity contribution >= 4 is 17.2 Å². The van der Waals surface area contributed by atoms with Crippen molar-refractivity contribution in [3.05, 3.63) is 45.6 Å². The Labute approximate surface area is 122 Å². The number of aryl methyl sites for hydroxylation is 2. The predicted molar refractivity (Wildman–Crippen MR) is 82.2 cm³/mol. The molecule has 0 aliphatic rings. The standard InChI is InChI=1S/C14H19N5O2/c1-4-18-14(13(19(20)21)10(3)17-18)16-9(2)11-5-7-12(15)8-6-11/h5-9,16H,4,15H2,1-3H3. The fourth-order valence-electron chi connectivity index (χ4n) is 2.24. The number of nitrogen functional groups attached to an aromatic ring is 1. The Balaban J connectivity index is 2.34. The van der Waals surface area contributed by atoms with Gasteiger partial charge in [-0.3, -0.25) is 10.1 Å². The lowest BCUT2D eigenvalue weighted by atomic mass is 10.1. The molecule has 2 aromatic rings. The molecule has 112 valence electrons. The van der Waals surface area contributed by atoms with Crippen LogP contribution in [0, 0.1) is 17.0 Å². The summed E-state index contributed by atoms with van der Waals surface area (Å²) in [6.07, 6.45) is 0. The van der Waals surface area contributed by atoms with Crippen LogP contribution in [0.4, 0.5) is 17.2 Å². The summed E-state index contributed by atoms with van der Waals surface area (Å²) in [7, 11) is 0. The smallest absolute Gasteiger partial charge is 0.333 e. The van der Waals surface area contributed by atoms with Crippen LogP contribution in [0.2, 0.25) is 0 Å². The van der Waals surface area contributed by atoms with E-state index in [2.05, 4.69) is 10.4 Å². The number of benzene rings is 1. The maximum absolute atomic E-state index is 11.2. The van der Waals surface area contributed by atoms with Crippen LogP contribution in [0.25, 0.3) is 0 Å². The normalized spacial score (nSPS) is 12.1. The molecular weight excluding hydrogens is 270 g/mol. The molecule has 7 heteroatoms. The Hall–Kier alpha value is -2.57. The molecule has 7 nitrogen and oxygen atoms in total. The average molecular weight is 289 g/mol. The van der Waals surface area contributed by atoms with E-state index < -0.39 is 4.92 Å². The van der Waals surface area contributed by atoms with Crippen LogP contribution in [0.1, 0.15) is 31.1 Å². The third kappa shape index (κ3) is 2.96. The second kappa shape index (κ2) is 5.82. The van der Waals surface area contributed by atoms with E-state index >= 15 is 0 Å². The van der Waals surface area contributed by atoms with Crippen molar-refractivity contribution in [2.75, 3.05) is 11.1 Å². The zero-order valence-corrected chi connectivity index (χ0v) is 12.3. The molecule has 0 bridgehead atoms. The van der Waals surface area contributed by atoms with Crippen molar-refractivity contribution in [3.8, 4) is 0 Å². The van der Waals surface area contributed by atoms with Crippen molar-refractivity contribution in [1.29, 1.82) is 0 Å². The molecule has 0 radical (unpaired) electrons. The molecule has 0 amide bonds. The highest BCUT2D eigenvalue weighted by atomic mass is 16.6. The molecule has 1 unspecified atom stereocenters. The fourth-order valence-corrected chi connectivity index (χ4v) is 2.24. The zero-order chi connectivity index (χ0) is 15.6. The van der Waals surface area contributed by atoms with E-state index in [0.717, 1.165) is 5.56 Å². The molecule has 0 aliphatic carbocycles. The SMILES string of the molecule is CCn1nc(C)c([N+](=O)[O-])c1NC(C)c1ccc(N)cc1. The largest absolute Gasteiger partial charge is 0.399 e. The van der Waals surface area contributed by atoms with Crippen molar-refractivity contribution in [2.24, 2.45) is 0 Å². The highest BCUT2D eigenvalue weighted by Crippen LogP contribution is 2.31. The summed E-state index contributed by atoms with van der Waals surface area (Å²) in [6, 6.07) is 7.33. The van der Waals surface area contributed by atoms with Gasteiger partial charge in [0.25, 0.3) is 0 Å². The molecule has 21 heavy (non-hydrogen) atoms. The van der Waals surface area contributed by atoms with Gasteiger partial charge in [0.05, 0.1) is 11.0 Å². The minimum absolute atomic E-state index is 0.0270. The quantitative estimate of drug-likeness (QED) is 0.501. The molecule has 1 aromatic heterocycles. The fraction of sp³-hybridized carbons (Fsp3) is 0.357. The molecule has 2 rings (SSSR count). The van der Waals surface area contributed by atoms with Gasteiger partial charge in [-0.2, -0.15) is 5.10 Å². The zero-order valence-electron chi connectivity index (χ0n) is 12.3. The lowest BCUT2D eigenvalue weighted by molar-refractivity contribution is -0.384. The lowest BCUT2D eigenvalue weighted by Gasteiger charge is -2.16. The first-order valence-corrected chi connectivity index (χ1v) is 6.77. The number of nitrogens with one attached hydrogen (secondary N) is 1. The first-order chi connectivity index (χ1) is 9.93. The van der Waals surface area contributed by atoms with Gasteiger partial charge in [-0.25, -0.2) is 4.68 Å². The summed E-state index contributed by atoms with van der Waals surface area (Å²) in [5.74, 6) is 0.435. The van der Waals surface area contributed by atoms with E-state index in [1.54, 1.807) is 11.6 Å². The van der Waals surface area contributed by atoms with E-state index in [1.165, 1.54) is 0 Å². The molecule has 1 aromatic carbocycles. The van der Waals surface area contributed by atoms with E-state index in [4.69, 9.17) is 5.73 Å². The molecule has 0 saturated heterocycles. The molecule has 1 heterocycles. The molecule has 0 saturated carbocycles. The van der Waals surface area contributed by atoms with Crippen LogP contribution in [-0.4, -0.2) is 14.7 Å². The number of nitrogens with two attached hydrogens (primary N) is 1. The minimum Gasteiger partial charge on any atom is -0.399 e. The van der Waals surface area contributed by atoms with Crippen LogP contribution >= 0.6 is 0 Å². The molecule has 0 fully saturated rings. The van der Waals surface area contributed by atoms with Crippen molar-refractivity contribution in [2.45, 2.75) is 33.4 Å². The topological polar surface area (TPSA) is 99.0 Å². The molecule has 1 atom stereocenters. The predicted octanol–water partition coefficient (Wildman–Crippen LogP) is 2.87. The van der Waals surface area contributed by atoms with Gasteiger partial charge in [0.2, 0.25) is 5.82 Å². The maximum atomic E-state index is 11.2. The van der Waals surface area contributed by atoms with Gasteiger partial charge < -0.3 is 11.1 Å².